The maximum absolute atomic E-state index is 12.5. The van der Waals surface area contributed by atoms with Crippen LogP contribution in [-0.2, 0) is 0 Å². The molecule has 2 atom stereocenters. The fraction of sp³-hybridized carbons (Fsp3) is 0.276. The lowest BCUT2D eigenvalue weighted by atomic mass is 9.98. The molecule has 0 saturated heterocycles. The van der Waals surface area contributed by atoms with E-state index in [1.54, 1.807) is 24.3 Å². The number of carbonyl (C=O) groups excluding carboxylic acids is 1. The van der Waals surface area contributed by atoms with E-state index < -0.39 is 0 Å². The molecule has 4 rings (SSSR count). The molecule has 7 heteroatoms. The Labute approximate surface area is 217 Å². The van der Waals surface area contributed by atoms with Gasteiger partial charge in [0.15, 0.2) is 10.7 Å². The van der Waals surface area contributed by atoms with Crippen molar-refractivity contribution < 1.29 is 13.9 Å². The van der Waals surface area contributed by atoms with Crippen LogP contribution in [0.15, 0.2) is 71.1 Å². The van der Waals surface area contributed by atoms with Crippen LogP contribution < -0.4 is 15.4 Å². The zero-order valence-corrected chi connectivity index (χ0v) is 21.8. The standard InChI is InChI=1S/C29H31N3O3S/c1-5-18(3)22-11-16-26-25(17-22)31-28(35-26)21-7-12-23(13-8-21)30-29(36)32-27(33)20-9-14-24(15-10-20)34-19(4)6-2/h7-19H,5-6H2,1-4H3,(H2,30,32,33,36)/t18-,19-/m1/s1. The lowest BCUT2D eigenvalue weighted by Crippen LogP contribution is -2.34. The molecule has 0 fully saturated rings. The molecule has 4 aromatic rings. The summed E-state index contributed by atoms with van der Waals surface area (Å²) in [7, 11) is 0. The largest absolute Gasteiger partial charge is 0.491 e. The van der Waals surface area contributed by atoms with Gasteiger partial charge in [-0.2, -0.15) is 0 Å². The Morgan fingerprint density at radius 2 is 1.72 bits per heavy atom. The van der Waals surface area contributed by atoms with Gasteiger partial charge in [-0.05, 0) is 104 Å². The van der Waals surface area contributed by atoms with Gasteiger partial charge >= 0.3 is 0 Å². The van der Waals surface area contributed by atoms with Crippen LogP contribution in [0.5, 0.6) is 5.75 Å². The molecule has 0 aliphatic heterocycles. The number of nitrogens with zero attached hydrogens (tertiary/aromatic N) is 1. The van der Waals surface area contributed by atoms with E-state index in [4.69, 9.17) is 21.4 Å². The number of benzene rings is 3. The Hall–Kier alpha value is -3.71. The van der Waals surface area contributed by atoms with E-state index in [0.29, 0.717) is 17.4 Å². The maximum atomic E-state index is 12.5. The van der Waals surface area contributed by atoms with Gasteiger partial charge in [0.1, 0.15) is 11.3 Å². The minimum absolute atomic E-state index is 0.123. The number of hydrogen-bond donors (Lipinski definition) is 2. The summed E-state index contributed by atoms with van der Waals surface area (Å²) in [5.41, 5.74) is 4.98. The second kappa shape index (κ2) is 11.4. The van der Waals surface area contributed by atoms with Gasteiger partial charge in [0.25, 0.3) is 5.91 Å². The fourth-order valence-electron chi connectivity index (χ4n) is 3.64. The summed E-state index contributed by atoms with van der Waals surface area (Å²) in [6.45, 7) is 8.46. The number of fused-ring (bicyclic) bond motifs is 1. The zero-order chi connectivity index (χ0) is 25.7. The highest BCUT2D eigenvalue weighted by Gasteiger charge is 2.12. The normalized spacial score (nSPS) is 12.7. The van der Waals surface area contributed by atoms with Crippen molar-refractivity contribution >= 4 is 40.0 Å². The van der Waals surface area contributed by atoms with Crippen LogP contribution >= 0.6 is 12.2 Å². The molecule has 186 valence electrons. The van der Waals surface area contributed by atoms with E-state index in [2.05, 4.69) is 48.5 Å². The predicted octanol–water partition coefficient (Wildman–Crippen LogP) is 7.31. The number of nitrogens with one attached hydrogen (secondary N) is 2. The molecule has 1 amide bonds. The molecular formula is C29H31N3O3S. The summed E-state index contributed by atoms with van der Waals surface area (Å²) in [6, 6.07) is 20.7. The van der Waals surface area contributed by atoms with Crippen LogP contribution in [0.3, 0.4) is 0 Å². The minimum Gasteiger partial charge on any atom is -0.491 e. The lowest BCUT2D eigenvalue weighted by molar-refractivity contribution is 0.0977. The van der Waals surface area contributed by atoms with Crippen molar-refractivity contribution in [3.8, 4) is 17.2 Å². The summed E-state index contributed by atoms with van der Waals surface area (Å²) >= 11 is 5.33. The first-order valence-electron chi connectivity index (χ1n) is 12.3. The predicted molar refractivity (Wildman–Crippen MR) is 149 cm³/mol. The smallest absolute Gasteiger partial charge is 0.257 e. The second-order valence-corrected chi connectivity index (χ2v) is 9.31. The van der Waals surface area contributed by atoms with E-state index in [1.807, 2.05) is 37.3 Å². The van der Waals surface area contributed by atoms with Crippen molar-refractivity contribution in [2.45, 2.75) is 52.6 Å². The van der Waals surface area contributed by atoms with Crippen LogP contribution in [0.1, 0.15) is 62.4 Å². The molecule has 0 saturated carbocycles. The van der Waals surface area contributed by atoms with E-state index in [9.17, 15) is 4.79 Å². The zero-order valence-electron chi connectivity index (χ0n) is 21.0. The molecule has 0 bridgehead atoms. The van der Waals surface area contributed by atoms with E-state index in [0.717, 1.165) is 40.9 Å². The van der Waals surface area contributed by atoms with E-state index >= 15 is 0 Å². The van der Waals surface area contributed by atoms with Gasteiger partial charge in [-0.15, -0.1) is 0 Å². The van der Waals surface area contributed by atoms with E-state index in [-0.39, 0.29) is 17.1 Å². The molecule has 0 aliphatic carbocycles. The number of ether oxygens (including phenoxy) is 1. The van der Waals surface area contributed by atoms with Crippen molar-refractivity contribution in [2.24, 2.45) is 0 Å². The van der Waals surface area contributed by atoms with Crippen molar-refractivity contribution in [2.75, 3.05) is 5.32 Å². The quantitative estimate of drug-likeness (QED) is 0.247. The number of carbonyl (C=O) groups is 1. The number of rotatable bonds is 8. The molecule has 2 N–H and O–H groups in total. The number of thiocarbonyl (C=S) groups is 1. The molecule has 1 heterocycles. The van der Waals surface area contributed by atoms with Crippen molar-refractivity contribution in [3.05, 3.63) is 77.9 Å². The molecule has 0 unspecified atom stereocenters. The number of hydrogen-bond acceptors (Lipinski definition) is 5. The van der Waals surface area contributed by atoms with Crippen LogP contribution in [0.2, 0.25) is 0 Å². The highest BCUT2D eigenvalue weighted by molar-refractivity contribution is 7.80. The Balaban J connectivity index is 1.36. The Morgan fingerprint density at radius 3 is 2.39 bits per heavy atom. The maximum Gasteiger partial charge on any atom is 0.257 e. The number of anilines is 1. The van der Waals surface area contributed by atoms with Gasteiger partial charge in [-0.1, -0.05) is 26.8 Å². The fourth-order valence-corrected chi connectivity index (χ4v) is 3.85. The number of aromatic nitrogens is 1. The molecule has 0 aliphatic rings. The Bertz CT molecular complexity index is 1350. The monoisotopic (exact) mass is 501 g/mol. The third-order valence-corrected chi connectivity index (χ3v) is 6.44. The summed E-state index contributed by atoms with van der Waals surface area (Å²) in [6.07, 6.45) is 2.11. The first-order chi connectivity index (χ1) is 17.4. The van der Waals surface area contributed by atoms with Crippen LogP contribution in [0.4, 0.5) is 5.69 Å². The number of amides is 1. The van der Waals surface area contributed by atoms with Gasteiger partial charge in [-0.3, -0.25) is 10.1 Å². The first-order valence-corrected chi connectivity index (χ1v) is 12.7. The average Bonchev–Trinajstić information content (AvgIpc) is 3.32. The lowest BCUT2D eigenvalue weighted by Gasteiger charge is -2.13. The average molecular weight is 502 g/mol. The Morgan fingerprint density at radius 1 is 1.00 bits per heavy atom. The summed E-state index contributed by atoms with van der Waals surface area (Å²) in [4.78, 5) is 17.2. The SMILES string of the molecule is CC[C@@H](C)Oc1ccc(C(=O)NC(=S)Nc2ccc(-c3nc4cc([C@H](C)CC)ccc4o3)cc2)cc1. The first kappa shape index (κ1) is 25.4. The molecule has 36 heavy (non-hydrogen) atoms. The topological polar surface area (TPSA) is 76.4 Å². The van der Waals surface area contributed by atoms with Gasteiger partial charge < -0.3 is 14.5 Å². The second-order valence-electron chi connectivity index (χ2n) is 8.90. The summed E-state index contributed by atoms with van der Waals surface area (Å²) in [5, 5.41) is 5.97. The van der Waals surface area contributed by atoms with Crippen molar-refractivity contribution in [1.29, 1.82) is 0 Å². The molecule has 0 radical (unpaired) electrons. The Kier molecular flexibility index (Phi) is 8.00. The molecule has 1 aromatic heterocycles. The number of oxazole rings is 1. The van der Waals surface area contributed by atoms with Gasteiger partial charge in [-0.25, -0.2) is 4.98 Å². The molecule has 0 spiro atoms. The van der Waals surface area contributed by atoms with Crippen molar-refractivity contribution in [3.63, 3.8) is 0 Å². The highest BCUT2D eigenvalue weighted by Crippen LogP contribution is 2.28. The third kappa shape index (κ3) is 6.10. The van der Waals surface area contributed by atoms with Crippen molar-refractivity contribution in [1.82, 2.24) is 10.3 Å². The third-order valence-electron chi connectivity index (χ3n) is 6.24. The summed E-state index contributed by atoms with van der Waals surface area (Å²) in [5.74, 6) is 1.49. The minimum atomic E-state index is -0.289. The van der Waals surface area contributed by atoms with E-state index in [1.165, 1.54) is 5.56 Å². The van der Waals surface area contributed by atoms with Gasteiger partial charge in [0, 0.05) is 16.8 Å². The van der Waals surface area contributed by atoms with Crippen LogP contribution in [0.25, 0.3) is 22.6 Å². The van der Waals surface area contributed by atoms with Gasteiger partial charge in [0.05, 0.1) is 6.10 Å². The molecule has 3 aromatic carbocycles. The molecule has 6 nitrogen and oxygen atoms in total. The van der Waals surface area contributed by atoms with Crippen LogP contribution in [-0.4, -0.2) is 22.1 Å². The summed E-state index contributed by atoms with van der Waals surface area (Å²) < 4.78 is 11.7. The van der Waals surface area contributed by atoms with Crippen LogP contribution in [0, 0.1) is 0 Å². The van der Waals surface area contributed by atoms with Gasteiger partial charge in [0.2, 0.25) is 5.89 Å². The highest BCUT2D eigenvalue weighted by atomic mass is 32.1. The molecular weight excluding hydrogens is 470 g/mol.